The number of benzene rings is 2. The van der Waals surface area contributed by atoms with E-state index in [1.807, 2.05) is 6.07 Å². The molecule has 2 aromatic carbocycles. The van der Waals surface area contributed by atoms with E-state index >= 15 is 0 Å². The van der Waals surface area contributed by atoms with Gasteiger partial charge in [-0.05, 0) is 35.4 Å². The van der Waals surface area contributed by atoms with Crippen molar-refractivity contribution in [1.29, 1.82) is 0 Å². The van der Waals surface area contributed by atoms with Crippen molar-refractivity contribution < 1.29 is 14.7 Å². The van der Waals surface area contributed by atoms with Crippen LogP contribution in [0, 0.1) is 0 Å². The number of carbonyl (C=O) groups excluding carboxylic acids is 2. The molecule has 6 N–H and O–H groups in total. The highest BCUT2D eigenvalue weighted by Crippen LogP contribution is 2.13. The Hall–Kier alpha value is -3.94. The first-order chi connectivity index (χ1) is 13.4. The predicted octanol–water partition coefficient (Wildman–Crippen LogP) is 1.38. The average molecular weight is 377 g/mol. The maximum Gasteiger partial charge on any atom is 0.271 e. The molecular weight excluding hydrogens is 358 g/mol. The number of anilines is 1. The Morgan fingerprint density at radius 3 is 2.54 bits per heavy atom. The Morgan fingerprint density at radius 1 is 1.07 bits per heavy atom. The summed E-state index contributed by atoms with van der Waals surface area (Å²) in [7, 11) is 0. The van der Waals surface area contributed by atoms with Gasteiger partial charge in [-0.2, -0.15) is 0 Å². The maximum absolute atomic E-state index is 12.4. The molecule has 28 heavy (non-hydrogen) atoms. The van der Waals surface area contributed by atoms with Gasteiger partial charge >= 0.3 is 0 Å². The first kappa shape index (κ1) is 18.8. The summed E-state index contributed by atoms with van der Waals surface area (Å²) in [6, 6.07) is 13.7. The van der Waals surface area contributed by atoms with Gasteiger partial charge in [-0.25, -0.2) is 9.97 Å². The van der Waals surface area contributed by atoms with E-state index in [1.165, 1.54) is 6.20 Å². The Labute approximate surface area is 161 Å². The minimum atomic E-state index is -0.741. The van der Waals surface area contributed by atoms with Gasteiger partial charge in [-0.1, -0.05) is 24.3 Å². The quantitative estimate of drug-likeness (QED) is 0.511. The number of amides is 2. The zero-order valence-corrected chi connectivity index (χ0v) is 14.9. The second-order valence-corrected chi connectivity index (χ2v) is 6.19. The molecule has 0 aliphatic heterocycles. The zero-order chi connectivity index (χ0) is 20.1. The third kappa shape index (κ3) is 4.61. The number of rotatable bonds is 6. The van der Waals surface area contributed by atoms with E-state index in [2.05, 4.69) is 15.3 Å². The number of nitrogens with zero attached hydrogens (tertiary/aromatic N) is 2. The molecule has 0 unspecified atom stereocenters. The first-order valence-corrected chi connectivity index (χ1v) is 8.48. The van der Waals surface area contributed by atoms with Crippen molar-refractivity contribution in [1.82, 2.24) is 15.3 Å². The van der Waals surface area contributed by atoms with Crippen LogP contribution in [0.3, 0.4) is 0 Å². The molecule has 3 aromatic rings. The molecule has 0 bridgehead atoms. The Kier molecular flexibility index (Phi) is 5.50. The van der Waals surface area contributed by atoms with Gasteiger partial charge in [-0.3, -0.25) is 9.59 Å². The molecule has 0 saturated carbocycles. The lowest BCUT2D eigenvalue weighted by Crippen LogP contribution is -2.22. The van der Waals surface area contributed by atoms with E-state index < -0.39 is 5.91 Å². The van der Waals surface area contributed by atoms with E-state index in [4.69, 9.17) is 11.5 Å². The number of aromatic hydroxyl groups is 1. The summed E-state index contributed by atoms with van der Waals surface area (Å²) in [5.41, 5.74) is 13.5. The van der Waals surface area contributed by atoms with Gasteiger partial charge in [0.05, 0.1) is 11.9 Å². The molecule has 142 valence electrons. The van der Waals surface area contributed by atoms with Gasteiger partial charge < -0.3 is 21.9 Å². The van der Waals surface area contributed by atoms with Crippen LogP contribution in [0.15, 0.2) is 54.7 Å². The second kappa shape index (κ2) is 8.17. The molecule has 1 aromatic heterocycles. The molecule has 8 heteroatoms. The number of nitrogens with two attached hydrogens (primary N) is 2. The third-order valence-corrected chi connectivity index (χ3v) is 4.05. The summed E-state index contributed by atoms with van der Waals surface area (Å²) in [5.74, 6) is -0.808. The van der Waals surface area contributed by atoms with Crippen molar-refractivity contribution >= 4 is 17.6 Å². The van der Waals surface area contributed by atoms with Crippen LogP contribution in [0.4, 0.5) is 5.82 Å². The Balaban J connectivity index is 1.69. The molecule has 0 fully saturated rings. The fourth-order valence-corrected chi connectivity index (χ4v) is 2.63. The fraction of sp³-hybridized carbons (Fsp3) is 0.100. The maximum atomic E-state index is 12.4. The number of phenolic OH excluding ortho intramolecular Hbond substituents is 1. The monoisotopic (exact) mass is 377 g/mol. The number of nitrogens with one attached hydrogen (secondary N) is 1. The molecule has 0 spiro atoms. The number of hydrogen-bond acceptors (Lipinski definition) is 6. The zero-order valence-electron chi connectivity index (χ0n) is 14.9. The SMILES string of the molecule is NC(=O)c1nc(Cc2cccc(C(=O)NCc3ccc(O)cc3)c2)cnc1N. The Morgan fingerprint density at radius 2 is 1.82 bits per heavy atom. The normalized spacial score (nSPS) is 10.4. The molecule has 0 atom stereocenters. The highest BCUT2D eigenvalue weighted by atomic mass is 16.3. The van der Waals surface area contributed by atoms with Crippen molar-refractivity contribution in [3.8, 4) is 5.75 Å². The predicted molar refractivity (Wildman–Crippen MR) is 103 cm³/mol. The fourth-order valence-electron chi connectivity index (χ4n) is 2.63. The first-order valence-electron chi connectivity index (χ1n) is 8.48. The van der Waals surface area contributed by atoms with E-state index in [9.17, 15) is 14.7 Å². The summed E-state index contributed by atoms with van der Waals surface area (Å²) >= 11 is 0. The molecular formula is C20H19N5O3. The average Bonchev–Trinajstić information content (AvgIpc) is 2.69. The van der Waals surface area contributed by atoms with Gasteiger partial charge in [0.2, 0.25) is 0 Å². The van der Waals surface area contributed by atoms with Crippen LogP contribution in [-0.2, 0) is 13.0 Å². The van der Waals surface area contributed by atoms with Crippen LogP contribution in [0.1, 0.15) is 37.7 Å². The number of hydrogen-bond donors (Lipinski definition) is 4. The Bertz CT molecular complexity index is 1020. The van der Waals surface area contributed by atoms with Gasteiger partial charge in [0.1, 0.15) is 5.75 Å². The van der Waals surface area contributed by atoms with Crippen molar-refractivity contribution in [2.75, 3.05) is 5.73 Å². The van der Waals surface area contributed by atoms with E-state index in [1.54, 1.807) is 42.5 Å². The minimum absolute atomic E-state index is 0.0152. The topological polar surface area (TPSA) is 144 Å². The lowest BCUT2D eigenvalue weighted by atomic mass is 10.1. The lowest BCUT2D eigenvalue weighted by Gasteiger charge is -2.08. The summed E-state index contributed by atoms with van der Waals surface area (Å²) in [6.07, 6.45) is 1.84. The molecule has 0 radical (unpaired) electrons. The summed E-state index contributed by atoms with van der Waals surface area (Å²) < 4.78 is 0. The lowest BCUT2D eigenvalue weighted by molar-refractivity contribution is 0.0949. The summed E-state index contributed by atoms with van der Waals surface area (Å²) in [4.78, 5) is 31.8. The number of primary amides is 1. The molecule has 1 heterocycles. The smallest absolute Gasteiger partial charge is 0.271 e. The van der Waals surface area contributed by atoms with Crippen LogP contribution in [-0.4, -0.2) is 26.9 Å². The largest absolute Gasteiger partial charge is 0.508 e. The van der Waals surface area contributed by atoms with Crippen LogP contribution < -0.4 is 16.8 Å². The van der Waals surface area contributed by atoms with Crippen molar-refractivity contribution in [3.63, 3.8) is 0 Å². The second-order valence-electron chi connectivity index (χ2n) is 6.19. The molecule has 8 nitrogen and oxygen atoms in total. The molecule has 0 aliphatic carbocycles. The highest BCUT2D eigenvalue weighted by Gasteiger charge is 2.12. The number of phenols is 1. The number of aromatic nitrogens is 2. The van der Waals surface area contributed by atoms with Crippen LogP contribution in [0.25, 0.3) is 0 Å². The summed E-state index contributed by atoms with van der Waals surface area (Å²) in [5, 5.41) is 12.1. The molecule has 0 aliphatic rings. The third-order valence-electron chi connectivity index (χ3n) is 4.05. The molecule has 0 saturated heterocycles. The van der Waals surface area contributed by atoms with Crippen LogP contribution in [0.2, 0.25) is 0 Å². The van der Waals surface area contributed by atoms with Crippen molar-refractivity contribution in [2.45, 2.75) is 13.0 Å². The van der Waals surface area contributed by atoms with E-state index in [-0.39, 0.29) is 23.2 Å². The van der Waals surface area contributed by atoms with Crippen LogP contribution >= 0.6 is 0 Å². The van der Waals surface area contributed by atoms with Gasteiger partial charge in [0.15, 0.2) is 11.5 Å². The van der Waals surface area contributed by atoms with E-state index in [0.717, 1.165) is 11.1 Å². The molecule has 3 rings (SSSR count). The highest BCUT2D eigenvalue weighted by molar-refractivity contribution is 5.95. The van der Waals surface area contributed by atoms with E-state index in [0.29, 0.717) is 24.2 Å². The van der Waals surface area contributed by atoms with Gasteiger partial charge in [-0.15, -0.1) is 0 Å². The molecule has 2 amide bonds. The van der Waals surface area contributed by atoms with Crippen LogP contribution in [0.5, 0.6) is 5.75 Å². The standard InChI is InChI=1S/C20H19N5O3/c21-18-17(19(22)27)25-15(11-23-18)9-13-2-1-3-14(8-13)20(28)24-10-12-4-6-16(26)7-5-12/h1-8,11,26H,9-10H2,(H2,21,23)(H2,22,27)(H,24,28). The van der Waals surface area contributed by atoms with Crippen molar-refractivity contribution in [3.05, 3.63) is 82.8 Å². The van der Waals surface area contributed by atoms with Crippen molar-refractivity contribution in [2.24, 2.45) is 5.73 Å². The summed E-state index contributed by atoms with van der Waals surface area (Å²) in [6.45, 7) is 0.342. The van der Waals surface area contributed by atoms with Gasteiger partial charge in [0.25, 0.3) is 11.8 Å². The van der Waals surface area contributed by atoms with Gasteiger partial charge in [0, 0.05) is 18.5 Å². The number of carbonyl (C=O) groups is 2. The number of nitrogen functional groups attached to an aromatic ring is 1. The minimum Gasteiger partial charge on any atom is -0.508 e.